The van der Waals surface area contributed by atoms with Gasteiger partial charge in [0, 0.05) is 32.7 Å². The van der Waals surface area contributed by atoms with E-state index in [-0.39, 0.29) is 6.10 Å². The lowest BCUT2D eigenvalue weighted by Gasteiger charge is -2.20. The summed E-state index contributed by atoms with van der Waals surface area (Å²) in [6.45, 7) is 5.79. The highest BCUT2D eigenvalue weighted by Gasteiger charge is 2.21. The second kappa shape index (κ2) is 6.68. The van der Waals surface area contributed by atoms with E-state index in [0.717, 1.165) is 39.1 Å². The number of aryl methyl sites for hydroxylation is 1. The van der Waals surface area contributed by atoms with Crippen molar-refractivity contribution >= 4 is 0 Å². The van der Waals surface area contributed by atoms with Crippen molar-refractivity contribution in [1.82, 2.24) is 15.5 Å². The maximum Gasteiger partial charge on any atom is 0.226 e. The lowest BCUT2D eigenvalue weighted by atomic mass is 10.3. The van der Waals surface area contributed by atoms with E-state index < -0.39 is 0 Å². The van der Waals surface area contributed by atoms with Crippen molar-refractivity contribution in [3.8, 4) is 0 Å². The predicted molar refractivity (Wildman–Crippen MR) is 60.7 cm³/mol. The van der Waals surface area contributed by atoms with Crippen LogP contribution in [0.15, 0.2) is 4.52 Å². The van der Waals surface area contributed by atoms with Gasteiger partial charge in [0.05, 0.1) is 6.61 Å². The lowest BCUT2D eigenvalue weighted by Crippen LogP contribution is -2.33. The maximum atomic E-state index is 5.55. The molecular formula is C11H19N3O3. The van der Waals surface area contributed by atoms with Gasteiger partial charge in [0.15, 0.2) is 0 Å². The first-order valence-electron chi connectivity index (χ1n) is 6.12. The molecule has 0 amide bonds. The molecule has 0 radical (unpaired) electrons. The third-order valence-corrected chi connectivity index (χ3v) is 2.58. The van der Waals surface area contributed by atoms with E-state index in [0.29, 0.717) is 18.3 Å². The molecule has 0 aliphatic carbocycles. The van der Waals surface area contributed by atoms with Gasteiger partial charge in [-0.25, -0.2) is 0 Å². The van der Waals surface area contributed by atoms with Crippen LogP contribution in [0.4, 0.5) is 0 Å². The van der Waals surface area contributed by atoms with E-state index in [9.17, 15) is 0 Å². The predicted octanol–water partition coefficient (Wildman–Crippen LogP) is 0.700. The molecule has 1 N–H and O–H groups in total. The fourth-order valence-corrected chi connectivity index (χ4v) is 1.70. The second-order valence-corrected chi connectivity index (χ2v) is 3.91. The van der Waals surface area contributed by atoms with Crippen molar-refractivity contribution in [2.24, 2.45) is 0 Å². The molecule has 0 spiro atoms. The number of nitrogens with zero attached hydrogens (tertiary/aromatic N) is 2. The highest BCUT2D eigenvalue weighted by Crippen LogP contribution is 2.15. The highest BCUT2D eigenvalue weighted by atomic mass is 16.5. The van der Waals surface area contributed by atoms with Crippen LogP contribution < -0.4 is 5.32 Å². The largest absolute Gasteiger partial charge is 0.382 e. The first-order valence-corrected chi connectivity index (χ1v) is 6.12. The number of rotatable bonds is 6. The van der Waals surface area contributed by atoms with Crippen LogP contribution >= 0.6 is 0 Å². The minimum absolute atomic E-state index is 0.0758. The van der Waals surface area contributed by atoms with Gasteiger partial charge in [0.25, 0.3) is 0 Å². The number of hydrogen-bond acceptors (Lipinski definition) is 6. The molecular weight excluding hydrogens is 222 g/mol. The standard InChI is InChI=1S/C11H19N3O3/c1-2-15-6-3-4-10-13-11(14-17-10)9-8-12-5-7-16-9/h9,12H,2-8H2,1H3. The maximum absolute atomic E-state index is 5.55. The average Bonchev–Trinajstić information content (AvgIpc) is 2.85. The molecule has 0 bridgehead atoms. The second-order valence-electron chi connectivity index (χ2n) is 3.91. The molecule has 1 aromatic rings. The van der Waals surface area contributed by atoms with Gasteiger partial charge in [-0.05, 0) is 13.3 Å². The smallest absolute Gasteiger partial charge is 0.226 e. The molecule has 1 atom stereocenters. The van der Waals surface area contributed by atoms with Crippen molar-refractivity contribution in [2.75, 3.05) is 32.9 Å². The molecule has 96 valence electrons. The van der Waals surface area contributed by atoms with Crippen molar-refractivity contribution < 1.29 is 14.0 Å². The minimum atomic E-state index is -0.0758. The number of morpholine rings is 1. The van der Waals surface area contributed by atoms with Crippen LogP contribution in [0, 0.1) is 0 Å². The van der Waals surface area contributed by atoms with E-state index in [1.807, 2.05) is 6.92 Å². The summed E-state index contributed by atoms with van der Waals surface area (Å²) in [6.07, 6.45) is 1.58. The summed E-state index contributed by atoms with van der Waals surface area (Å²) in [5.41, 5.74) is 0. The zero-order valence-corrected chi connectivity index (χ0v) is 10.1. The Morgan fingerprint density at radius 3 is 3.24 bits per heavy atom. The normalized spacial score (nSPS) is 20.6. The first-order chi connectivity index (χ1) is 8.40. The number of nitrogens with one attached hydrogen (secondary N) is 1. The monoisotopic (exact) mass is 241 g/mol. The summed E-state index contributed by atoms with van der Waals surface area (Å²) in [7, 11) is 0. The summed E-state index contributed by atoms with van der Waals surface area (Å²) in [5, 5.41) is 7.18. The Hall–Kier alpha value is -0.980. The fourth-order valence-electron chi connectivity index (χ4n) is 1.70. The van der Waals surface area contributed by atoms with Gasteiger partial charge < -0.3 is 19.3 Å². The molecule has 17 heavy (non-hydrogen) atoms. The summed E-state index contributed by atoms with van der Waals surface area (Å²) in [5.74, 6) is 1.30. The van der Waals surface area contributed by atoms with E-state index >= 15 is 0 Å². The SMILES string of the molecule is CCOCCCc1nc(C2CNCCO2)no1. The van der Waals surface area contributed by atoms with Crippen molar-refractivity contribution in [3.05, 3.63) is 11.7 Å². The molecule has 1 aliphatic heterocycles. The van der Waals surface area contributed by atoms with Crippen molar-refractivity contribution in [2.45, 2.75) is 25.9 Å². The molecule has 0 saturated carbocycles. The van der Waals surface area contributed by atoms with Crippen LogP contribution in [-0.2, 0) is 15.9 Å². The Bertz CT molecular complexity index is 324. The van der Waals surface area contributed by atoms with Crippen LogP contribution in [0.2, 0.25) is 0 Å². The molecule has 2 rings (SSSR count). The van der Waals surface area contributed by atoms with Gasteiger partial charge in [0.2, 0.25) is 11.7 Å². The van der Waals surface area contributed by atoms with E-state index in [1.165, 1.54) is 0 Å². The van der Waals surface area contributed by atoms with Gasteiger partial charge in [0.1, 0.15) is 6.10 Å². The highest BCUT2D eigenvalue weighted by molar-refractivity contribution is 4.93. The third-order valence-electron chi connectivity index (χ3n) is 2.58. The molecule has 1 aliphatic rings. The first kappa shape index (κ1) is 12.5. The van der Waals surface area contributed by atoms with Gasteiger partial charge in [-0.2, -0.15) is 4.98 Å². The molecule has 1 fully saturated rings. The zero-order chi connectivity index (χ0) is 11.9. The quantitative estimate of drug-likeness (QED) is 0.739. The van der Waals surface area contributed by atoms with Crippen LogP contribution in [-0.4, -0.2) is 43.1 Å². The van der Waals surface area contributed by atoms with E-state index in [1.54, 1.807) is 0 Å². The fraction of sp³-hybridized carbons (Fsp3) is 0.818. The number of ether oxygens (including phenoxy) is 2. The molecule has 1 unspecified atom stereocenters. The summed E-state index contributed by atoms with van der Waals surface area (Å²) >= 11 is 0. The number of hydrogen-bond donors (Lipinski definition) is 1. The van der Waals surface area contributed by atoms with Gasteiger partial charge >= 0.3 is 0 Å². The van der Waals surface area contributed by atoms with Crippen molar-refractivity contribution in [3.63, 3.8) is 0 Å². The topological polar surface area (TPSA) is 69.4 Å². The van der Waals surface area contributed by atoms with Crippen LogP contribution in [0.3, 0.4) is 0 Å². The van der Waals surface area contributed by atoms with Crippen LogP contribution in [0.1, 0.15) is 31.2 Å². The van der Waals surface area contributed by atoms with E-state index in [4.69, 9.17) is 14.0 Å². The molecule has 6 heteroatoms. The Balaban J connectivity index is 1.78. The minimum Gasteiger partial charge on any atom is -0.382 e. The van der Waals surface area contributed by atoms with Gasteiger partial charge in [-0.1, -0.05) is 5.16 Å². The third kappa shape index (κ3) is 3.76. The molecule has 2 heterocycles. The Kier molecular flexibility index (Phi) is 4.90. The Morgan fingerprint density at radius 2 is 2.47 bits per heavy atom. The van der Waals surface area contributed by atoms with Gasteiger partial charge in [-0.15, -0.1) is 0 Å². The van der Waals surface area contributed by atoms with Crippen LogP contribution in [0.5, 0.6) is 0 Å². The summed E-state index contributed by atoms with van der Waals surface area (Å²) in [6, 6.07) is 0. The zero-order valence-electron chi connectivity index (χ0n) is 10.1. The average molecular weight is 241 g/mol. The van der Waals surface area contributed by atoms with Crippen molar-refractivity contribution in [1.29, 1.82) is 0 Å². The van der Waals surface area contributed by atoms with Crippen LogP contribution in [0.25, 0.3) is 0 Å². The molecule has 6 nitrogen and oxygen atoms in total. The molecule has 1 aromatic heterocycles. The number of aromatic nitrogens is 2. The Morgan fingerprint density at radius 1 is 1.53 bits per heavy atom. The molecule has 0 aromatic carbocycles. The van der Waals surface area contributed by atoms with E-state index in [2.05, 4.69) is 15.5 Å². The summed E-state index contributed by atoms with van der Waals surface area (Å²) < 4.78 is 16.0. The lowest BCUT2D eigenvalue weighted by molar-refractivity contribution is 0.0208. The summed E-state index contributed by atoms with van der Waals surface area (Å²) in [4.78, 5) is 4.33. The Labute approximate surface area is 101 Å². The molecule has 1 saturated heterocycles. The van der Waals surface area contributed by atoms with Gasteiger partial charge in [-0.3, -0.25) is 0 Å².